The van der Waals surface area contributed by atoms with Crippen LogP contribution in [0.5, 0.6) is 0 Å². The predicted octanol–water partition coefficient (Wildman–Crippen LogP) is 0.714. The first-order chi connectivity index (χ1) is 6.74. The molecule has 0 aliphatic rings. The van der Waals surface area contributed by atoms with Crippen LogP contribution < -0.4 is 5.69 Å². The number of aromatic nitrogens is 2. The van der Waals surface area contributed by atoms with Gasteiger partial charge in [-0.15, -0.1) is 0 Å². The summed E-state index contributed by atoms with van der Waals surface area (Å²) in [5.74, 6) is 0. The van der Waals surface area contributed by atoms with Gasteiger partial charge in [0.25, 0.3) is 0 Å². The molecule has 1 N–H and O–H groups in total. The number of unbranched alkanes of at least 4 members (excludes halogenated alkanes) is 2. The van der Waals surface area contributed by atoms with E-state index in [9.17, 15) is 4.79 Å². The van der Waals surface area contributed by atoms with Crippen LogP contribution in [0.1, 0.15) is 24.8 Å². The highest BCUT2D eigenvalue weighted by Crippen LogP contribution is 1.97. The summed E-state index contributed by atoms with van der Waals surface area (Å²) < 4.78 is 1.62. The molecule has 1 aromatic heterocycles. The topological polar surface area (TPSA) is 55.1 Å². The van der Waals surface area contributed by atoms with E-state index in [0.29, 0.717) is 6.54 Å². The minimum atomic E-state index is -0.195. The minimum Gasteiger partial charge on any atom is -0.396 e. The molecule has 1 rings (SSSR count). The highest BCUT2D eigenvalue weighted by Gasteiger charge is 1.96. The Labute approximate surface area is 83.2 Å². The van der Waals surface area contributed by atoms with Crippen molar-refractivity contribution in [3.05, 3.63) is 28.4 Å². The summed E-state index contributed by atoms with van der Waals surface area (Å²) in [5, 5.41) is 8.58. The van der Waals surface area contributed by atoms with Gasteiger partial charge in [0.2, 0.25) is 0 Å². The van der Waals surface area contributed by atoms with Crippen molar-refractivity contribution in [2.75, 3.05) is 6.61 Å². The summed E-state index contributed by atoms with van der Waals surface area (Å²) in [4.78, 5) is 15.0. The molecule has 4 nitrogen and oxygen atoms in total. The fourth-order valence-electron chi connectivity index (χ4n) is 1.30. The molecule has 14 heavy (non-hydrogen) atoms. The Bertz CT molecular complexity index is 333. The van der Waals surface area contributed by atoms with Crippen LogP contribution in [0.4, 0.5) is 0 Å². The Morgan fingerprint density at radius 2 is 2.21 bits per heavy atom. The SMILES string of the molecule is Cc1cnc(=O)n(CCCCCO)c1. The Kier molecular flexibility index (Phi) is 4.32. The zero-order valence-corrected chi connectivity index (χ0v) is 8.44. The third-order valence-corrected chi connectivity index (χ3v) is 2.04. The first-order valence-electron chi connectivity index (χ1n) is 4.88. The zero-order valence-electron chi connectivity index (χ0n) is 8.44. The predicted molar refractivity (Wildman–Crippen MR) is 54.2 cm³/mol. The van der Waals surface area contributed by atoms with Crippen molar-refractivity contribution in [1.82, 2.24) is 9.55 Å². The number of rotatable bonds is 5. The first kappa shape index (κ1) is 10.9. The summed E-state index contributed by atoms with van der Waals surface area (Å²) >= 11 is 0. The quantitative estimate of drug-likeness (QED) is 0.706. The van der Waals surface area contributed by atoms with Gasteiger partial charge in [0.05, 0.1) is 0 Å². The lowest BCUT2D eigenvalue weighted by atomic mass is 10.2. The van der Waals surface area contributed by atoms with E-state index in [2.05, 4.69) is 4.98 Å². The molecule has 0 aliphatic heterocycles. The van der Waals surface area contributed by atoms with E-state index in [1.807, 2.05) is 13.1 Å². The van der Waals surface area contributed by atoms with Crippen molar-refractivity contribution in [2.45, 2.75) is 32.7 Å². The standard InChI is InChI=1S/C10H16N2O2/c1-9-7-11-10(14)12(8-9)5-3-2-4-6-13/h7-8,13H,2-6H2,1H3. The van der Waals surface area contributed by atoms with Crippen molar-refractivity contribution >= 4 is 0 Å². The van der Waals surface area contributed by atoms with E-state index in [1.165, 1.54) is 0 Å². The van der Waals surface area contributed by atoms with Gasteiger partial charge in [-0.1, -0.05) is 0 Å². The number of nitrogens with zero attached hydrogens (tertiary/aromatic N) is 2. The summed E-state index contributed by atoms with van der Waals surface area (Å²) in [6, 6.07) is 0. The molecule has 0 unspecified atom stereocenters. The van der Waals surface area contributed by atoms with Gasteiger partial charge < -0.3 is 5.11 Å². The second kappa shape index (κ2) is 5.54. The van der Waals surface area contributed by atoms with Gasteiger partial charge in [-0.3, -0.25) is 4.57 Å². The third kappa shape index (κ3) is 3.30. The summed E-state index contributed by atoms with van der Waals surface area (Å²) in [6.45, 7) is 2.82. The third-order valence-electron chi connectivity index (χ3n) is 2.04. The normalized spacial score (nSPS) is 10.4. The van der Waals surface area contributed by atoms with E-state index < -0.39 is 0 Å². The molecule has 0 amide bonds. The molecule has 0 saturated carbocycles. The van der Waals surface area contributed by atoms with E-state index in [4.69, 9.17) is 5.11 Å². The minimum absolute atomic E-state index is 0.195. The molecule has 0 atom stereocenters. The maximum Gasteiger partial charge on any atom is 0.347 e. The van der Waals surface area contributed by atoms with Crippen LogP contribution in [0, 0.1) is 6.92 Å². The Morgan fingerprint density at radius 1 is 1.43 bits per heavy atom. The molecule has 0 radical (unpaired) electrons. The number of aliphatic hydroxyl groups excluding tert-OH is 1. The van der Waals surface area contributed by atoms with Crippen molar-refractivity contribution in [3.8, 4) is 0 Å². The molecule has 0 saturated heterocycles. The van der Waals surface area contributed by atoms with E-state index in [0.717, 1.165) is 24.8 Å². The zero-order chi connectivity index (χ0) is 10.4. The van der Waals surface area contributed by atoms with Crippen LogP contribution in [0.2, 0.25) is 0 Å². The van der Waals surface area contributed by atoms with Gasteiger partial charge >= 0.3 is 5.69 Å². The fraction of sp³-hybridized carbons (Fsp3) is 0.600. The molecule has 1 aromatic rings. The maximum absolute atomic E-state index is 11.2. The number of hydrogen-bond acceptors (Lipinski definition) is 3. The van der Waals surface area contributed by atoms with E-state index in [-0.39, 0.29) is 12.3 Å². The Hall–Kier alpha value is -1.16. The molecule has 0 aliphatic carbocycles. The van der Waals surface area contributed by atoms with Crippen LogP contribution in [-0.4, -0.2) is 21.3 Å². The summed E-state index contributed by atoms with van der Waals surface area (Å²) in [7, 11) is 0. The maximum atomic E-state index is 11.2. The highest BCUT2D eigenvalue weighted by atomic mass is 16.2. The molecular weight excluding hydrogens is 180 g/mol. The second-order valence-corrected chi connectivity index (χ2v) is 3.39. The lowest BCUT2D eigenvalue weighted by Crippen LogP contribution is -2.22. The van der Waals surface area contributed by atoms with Crippen molar-refractivity contribution in [1.29, 1.82) is 0 Å². The van der Waals surface area contributed by atoms with E-state index >= 15 is 0 Å². The van der Waals surface area contributed by atoms with E-state index in [1.54, 1.807) is 10.8 Å². The molecular formula is C10H16N2O2. The van der Waals surface area contributed by atoms with Crippen molar-refractivity contribution < 1.29 is 5.11 Å². The molecule has 4 heteroatoms. The Balaban J connectivity index is 2.49. The van der Waals surface area contributed by atoms with Crippen LogP contribution in [-0.2, 0) is 6.54 Å². The van der Waals surface area contributed by atoms with Gasteiger partial charge in [0, 0.05) is 25.5 Å². The molecule has 0 aromatic carbocycles. The smallest absolute Gasteiger partial charge is 0.347 e. The monoisotopic (exact) mass is 196 g/mol. The first-order valence-corrected chi connectivity index (χ1v) is 4.88. The number of hydrogen-bond donors (Lipinski definition) is 1. The molecule has 78 valence electrons. The van der Waals surface area contributed by atoms with Gasteiger partial charge in [0.1, 0.15) is 0 Å². The molecule has 1 heterocycles. The molecule has 0 spiro atoms. The number of aliphatic hydroxyl groups is 1. The van der Waals surface area contributed by atoms with Gasteiger partial charge in [0.15, 0.2) is 0 Å². The van der Waals surface area contributed by atoms with Gasteiger partial charge in [-0.2, -0.15) is 0 Å². The molecule has 0 fully saturated rings. The summed E-state index contributed by atoms with van der Waals surface area (Å²) in [5.41, 5.74) is 0.798. The van der Waals surface area contributed by atoms with Crippen LogP contribution >= 0.6 is 0 Å². The van der Waals surface area contributed by atoms with Crippen LogP contribution in [0.3, 0.4) is 0 Å². The molecule has 0 bridgehead atoms. The highest BCUT2D eigenvalue weighted by molar-refractivity contribution is 4.99. The largest absolute Gasteiger partial charge is 0.396 e. The Morgan fingerprint density at radius 3 is 2.93 bits per heavy atom. The number of aryl methyl sites for hydroxylation is 2. The lowest BCUT2D eigenvalue weighted by molar-refractivity contribution is 0.281. The average molecular weight is 196 g/mol. The van der Waals surface area contributed by atoms with Crippen molar-refractivity contribution in [3.63, 3.8) is 0 Å². The van der Waals surface area contributed by atoms with Crippen LogP contribution in [0.15, 0.2) is 17.2 Å². The second-order valence-electron chi connectivity index (χ2n) is 3.39. The fourth-order valence-corrected chi connectivity index (χ4v) is 1.30. The van der Waals surface area contributed by atoms with Gasteiger partial charge in [-0.05, 0) is 31.7 Å². The lowest BCUT2D eigenvalue weighted by Gasteiger charge is -2.04. The summed E-state index contributed by atoms with van der Waals surface area (Å²) in [6.07, 6.45) is 6.04. The van der Waals surface area contributed by atoms with Gasteiger partial charge in [-0.25, -0.2) is 9.78 Å². The average Bonchev–Trinajstić information content (AvgIpc) is 2.18. The van der Waals surface area contributed by atoms with Crippen LogP contribution in [0.25, 0.3) is 0 Å². The van der Waals surface area contributed by atoms with Crippen molar-refractivity contribution in [2.24, 2.45) is 0 Å².